The van der Waals surface area contributed by atoms with E-state index < -0.39 is 45.5 Å². The molecule has 0 saturated heterocycles. The van der Waals surface area contributed by atoms with Crippen LogP contribution in [0.5, 0.6) is 0 Å². The van der Waals surface area contributed by atoms with Gasteiger partial charge >= 0.3 is 6.18 Å². The molecular formula is C18H15BrF5NO2S. The Labute approximate surface area is 167 Å². The number of halogens is 6. The van der Waals surface area contributed by atoms with Crippen molar-refractivity contribution in [2.24, 2.45) is 0 Å². The minimum absolute atomic E-state index is 0.0264. The lowest BCUT2D eigenvalue weighted by Crippen LogP contribution is -2.31. The highest BCUT2D eigenvalue weighted by Crippen LogP contribution is 2.46. The van der Waals surface area contributed by atoms with Gasteiger partial charge in [-0.25, -0.2) is 17.2 Å². The number of benzene rings is 2. The number of sulfonamides is 1. The van der Waals surface area contributed by atoms with Gasteiger partial charge in [0.15, 0.2) is 0 Å². The molecule has 0 aromatic heterocycles. The van der Waals surface area contributed by atoms with Gasteiger partial charge in [0.25, 0.3) is 0 Å². The van der Waals surface area contributed by atoms with Crippen LogP contribution in [0.25, 0.3) is 0 Å². The summed E-state index contributed by atoms with van der Waals surface area (Å²) in [4.78, 5) is 0. The average molecular weight is 484 g/mol. The Kier molecular flexibility index (Phi) is 5.48. The van der Waals surface area contributed by atoms with Crippen LogP contribution >= 0.6 is 15.9 Å². The van der Waals surface area contributed by atoms with Crippen molar-refractivity contribution >= 4 is 31.6 Å². The number of hydrogen-bond donors (Lipinski definition) is 0. The van der Waals surface area contributed by atoms with E-state index >= 15 is 0 Å². The van der Waals surface area contributed by atoms with Crippen LogP contribution in [-0.2, 0) is 22.7 Å². The molecule has 10 heteroatoms. The number of hydrogen-bond acceptors (Lipinski definition) is 2. The molecule has 0 bridgehead atoms. The summed E-state index contributed by atoms with van der Waals surface area (Å²) in [6, 6.07) is 5.03. The maximum atomic E-state index is 14.3. The quantitative estimate of drug-likeness (QED) is 0.519. The van der Waals surface area contributed by atoms with Crippen molar-refractivity contribution in [3.8, 4) is 0 Å². The molecule has 0 N–H and O–H groups in total. The monoisotopic (exact) mass is 483 g/mol. The molecule has 1 aliphatic rings. The van der Waals surface area contributed by atoms with Crippen LogP contribution < -0.4 is 4.31 Å². The third-order valence-corrected chi connectivity index (χ3v) is 6.18. The molecule has 0 aliphatic heterocycles. The van der Waals surface area contributed by atoms with Crippen molar-refractivity contribution < 1.29 is 30.4 Å². The number of alkyl halides is 3. The van der Waals surface area contributed by atoms with Gasteiger partial charge in [-0.1, -0.05) is 6.07 Å². The largest absolute Gasteiger partial charge is 0.416 e. The first-order valence-electron chi connectivity index (χ1n) is 8.21. The molecule has 1 fully saturated rings. The van der Waals surface area contributed by atoms with Crippen LogP contribution in [0, 0.1) is 11.6 Å². The van der Waals surface area contributed by atoms with E-state index in [9.17, 15) is 30.4 Å². The third-order valence-electron chi connectivity index (χ3n) is 4.45. The van der Waals surface area contributed by atoms with E-state index in [1.807, 2.05) is 0 Å². The van der Waals surface area contributed by atoms with Crippen LogP contribution in [0.1, 0.15) is 35.4 Å². The van der Waals surface area contributed by atoms with Crippen LogP contribution in [0.3, 0.4) is 0 Å². The first-order chi connectivity index (χ1) is 12.9. The molecule has 0 amide bonds. The Balaban J connectivity index is 2.16. The fourth-order valence-electron chi connectivity index (χ4n) is 3.04. The van der Waals surface area contributed by atoms with Crippen molar-refractivity contribution in [3.63, 3.8) is 0 Å². The second-order valence-electron chi connectivity index (χ2n) is 6.64. The van der Waals surface area contributed by atoms with Gasteiger partial charge in [-0.05, 0) is 64.5 Å². The maximum Gasteiger partial charge on any atom is 0.416 e. The number of rotatable bonds is 5. The molecule has 0 unspecified atom stereocenters. The fraction of sp³-hybridized carbons (Fsp3) is 0.333. The van der Waals surface area contributed by atoms with Gasteiger partial charge in [-0.15, -0.1) is 0 Å². The Morgan fingerprint density at radius 1 is 1.14 bits per heavy atom. The molecule has 0 spiro atoms. The molecular weight excluding hydrogens is 469 g/mol. The summed E-state index contributed by atoms with van der Waals surface area (Å²) in [5.41, 5.74) is -1.61. The lowest BCUT2D eigenvalue weighted by molar-refractivity contribution is -0.138. The average Bonchev–Trinajstić information content (AvgIpc) is 3.37. The predicted octanol–water partition coefficient (Wildman–Crippen LogP) is 5.59. The number of nitrogens with zero attached hydrogens (tertiary/aromatic N) is 1. The SMILES string of the molecule is CS(=O)(=O)N(Cc1cc(F)c(Br)cc1C(F)(F)F)c1cccc(F)c1C1CC1. The second kappa shape index (κ2) is 7.29. The highest BCUT2D eigenvalue weighted by molar-refractivity contribution is 9.10. The Hall–Kier alpha value is -1.68. The highest BCUT2D eigenvalue weighted by Gasteiger charge is 2.37. The molecule has 0 atom stereocenters. The summed E-state index contributed by atoms with van der Waals surface area (Å²) in [6.07, 6.45) is -2.69. The number of anilines is 1. The van der Waals surface area contributed by atoms with E-state index in [1.54, 1.807) is 0 Å². The zero-order valence-electron chi connectivity index (χ0n) is 14.5. The topological polar surface area (TPSA) is 37.4 Å². The Morgan fingerprint density at radius 3 is 2.32 bits per heavy atom. The van der Waals surface area contributed by atoms with E-state index in [1.165, 1.54) is 18.2 Å². The second-order valence-corrected chi connectivity index (χ2v) is 9.40. The van der Waals surface area contributed by atoms with E-state index in [0.717, 1.165) is 6.26 Å². The summed E-state index contributed by atoms with van der Waals surface area (Å²) >= 11 is 2.72. The fourth-order valence-corrected chi connectivity index (χ4v) is 4.27. The van der Waals surface area contributed by atoms with Gasteiger partial charge in [-0.3, -0.25) is 4.31 Å². The molecule has 1 saturated carbocycles. The van der Waals surface area contributed by atoms with Crippen molar-refractivity contribution in [3.05, 3.63) is 63.1 Å². The lowest BCUT2D eigenvalue weighted by atomic mass is 10.0. The summed E-state index contributed by atoms with van der Waals surface area (Å²) < 4.78 is 93.6. The molecule has 3 rings (SSSR count). The molecule has 0 radical (unpaired) electrons. The van der Waals surface area contributed by atoms with Crippen molar-refractivity contribution in [2.45, 2.75) is 31.5 Å². The van der Waals surface area contributed by atoms with E-state index in [2.05, 4.69) is 15.9 Å². The van der Waals surface area contributed by atoms with E-state index in [-0.39, 0.29) is 21.6 Å². The molecule has 28 heavy (non-hydrogen) atoms. The molecule has 1 aliphatic carbocycles. The van der Waals surface area contributed by atoms with Crippen molar-refractivity contribution in [1.29, 1.82) is 0 Å². The Morgan fingerprint density at radius 2 is 1.79 bits per heavy atom. The standard InChI is InChI=1S/C18H15BrF5NO2S/c1-28(26,27)25(16-4-2-3-14(20)17(16)10-5-6-10)9-11-7-15(21)13(19)8-12(11)18(22,23)24/h2-4,7-8,10H,5-6,9H2,1H3. The van der Waals surface area contributed by atoms with Crippen LogP contribution in [0.4, 0.5) is 27.6 Å². The molecule has 2 aromatic rings. The molecule has 152 valence electrons. The third kappa shape index (κ3) is 4.32. The van der Waals surface area contributed by atoms with Crippen molar-refractivity contribution in [1.82, 2.24) is 0 Å². The van der Waals surface area contributed by atoms with E-state index in [0.29, 0.717) is 29.3 Å². The first kappa shape index (κ1) is 21.0. The predicted molar refractivity (Wildman–Crippen MR) is 98.5 cm³/mol. The van der Waals surface area contributed by atoms with Crippen LogP contribution in [0.15, 0.2) is 34.8 Å². The van der Waals surface area contributed by atoms with Gasteiger partial charge < -0.3 is 0 Å². The van der Waals surface area contributed by atoms with Gasteiger partial charge in [0.05, 0.1) is 28.5 Å². The lowest BCUT2D eigenvalue weighted by Gasteiger charge is -2.27. The summed E-state index contributed by atoms with van der Waals surface area (Å²) in [6.45, 7) is -0.777. The first-order valence-corrected chi connectivity index (χ1v) is 10.8. The van der Waals surface area contributed by atoms with Gasteiger partial charge in [0.2, 0.25) is 10.0 Å². The molecule has 2 aromatic carbocycles. The normalized spacial score (nSPS) is 15.0. The molecule has 0 heterocycles. The van der Waals surface area contributed by atoms with Crippen LogP contribution in [0.2, 0.25) is 0 Å². The van der Waals surface area contributed by atoms with Crippen molar-refractivity contribution in [2.75, 3.05) is 10.6 Å². The van der Waals surface area contributed by atoms with Gasteiger partial charge in [0, 0.05) is 5.56 Å². The maximum absolute atomic E-state index is 14.3. The summed E-state index contributed by atoms with van der Waals surface area (Å²) in [5, 5.41) is 0. The zero-order chi connectivity index (χ0) is 20.9. The minimum Gasteiger partial charge on any atom is -0.266 e. The highest BCUT2D eigenvalue weighted by atomic mass is 79.9. The minimum atomic E-state index is -4.82. The van der Waals surface area contributed by atoms with E-state index in [4.69, 9.17) is 0 Å². The summed E-state index contributed by atoms with van der Waals surface area (Å²) in [7, 11) is -4.08. The summed E-state index contributed by atoms with van der Waals surface area (Å²) in [5.74, 6) is -1.77. The zero-order valence-corrected chi connectivity index (χ0v) is 16.9. The van der Waals surface area contributed by atoms with Gasteiger partial charge in [-0.2, -0.15) is 13.2 Å². The van der Waals surface area contributed by atoms with Gasteiger partial charge in [0.1, 0.15) is 11.6 Å². The van der Waals surface area contributed by atoms with Crippen LogP contribution in [-0.4, -0.2) is 14.7 Å². The molecule has 3 nitrogen and oxygen atoms in total. The Bertz CT molecular complexity index is 1020. The smallest absolute Gasteiger partial charge is 0.266 e.